The maximum absolute atomic E-state index is 4.28. The van der Waals surface area contributed by atoms with E-state index in [1.54, 1.807) is 11.3 Å². The maximum atomic E-state index is 4.28. The van der Waals surface area contributed by atoms with E-state index in [9.17, 15) is 0 Å². The summed E-state index contributed by atoms with van der Waals surface area (Å²) in [6.07, 6.45) is 8.07. The number of imidazole rings is 1. The second-order valence-corrected chi connectivity index (χ2v) is 5.37. The molecule has 0 aliphatic carbocycles. The molecule has 0 saturated carbocycles. The van der Waals surface area contributed by atoms with Gasteiger partial charge in [0.25, 0.3) is 0 Å². The first kappa shape index (κ1) is 13.2. The monoisotopic (exact) mass is 264 g/mol. The normalized spacial score (nSPS) is 12.8. The van der Waals surface area contributed by atoms with Crippen LogP contribution < -0.4 is 5.32 Å². The minimum Gasteiger partial charge on any atom is -0.337 e. The highest BCUT2D eigenvalue weighted by Crippen LogP contribution is 2.20. The average Bonchev–Trinajstić information content (AvgIpc) is 2.99. The predicted octanol–water partition coefficient (Wildman–Crippen LogP) is 2.78. The summed E-state index contributed by atoms with van der Waals surface area (Å²) in [6, 6.07) is 0.408. The van der Waals surface area contributed by atoms with Crippen LogP contribution in [0, 0.1) is 6.92 Å². The van der Waals surface area contributed by atoms with E-state index >= 15 is 0 Å². The molecule has 2 heterocycles. The van der Waals surface area contributed by atoms with Gasteiger partial charge >= 0.3 is 0 Å². The summed E-state index contributed by atoms with van der Waals surface area (Å²) in [5.41, 5.74) is 3.07. The molecule has 0 fully saturated rings. The van der Waals surface area contributed by atoms with Gasteiger partial charge in [0, 0.05) is 29.9 Å². The number of hydrogen-bond donors (Lipinski definition) is 1. The Kier molecular flexibility index (Phi) is 4.90. The second-order valence-electron chi connectivity index (χ2n) is 4.49. The van der Waals surface area contributed by atoms with Crippen molar-refractivity contribution in [1.29, 1.82) is 0 Å². The van der Waals surface area contributed by atoms with Crippen molar-refractivity contribution in [1.82, 2.24) is 19.9 Å². The van der Waals surface area contributed by atoms with Gasteiger partial charge in [0.05, 0.1) is 17.5 Å². The van der Waals surface area contributed by atoms with Crippen LogP contribution in [-0.4, -0.2) is 21.1 Å². The fraction of sp³-hybridized carbons (Fsp3) is 0.538. The molecule has 18 heavy (non-hydrogen) atoms. The van der Waals surface area contributed by atoms with E-state index in [1.165, 1.54) is 17.7 Å². The maximum Gasteiger partial charge on any atom is 0.0945 e. The van der Waals surface area contributed by atoms with Crippen LogP contribution in [0.2, 0.25) is 0 Å². The lowest BCUT2D eigenvalue weighted by Crippen LogP contribution is -2.20. The van der Waals surface area contributed by atoms with E-state index in [0.717, 1.165) is 18.8 Å². The van der Waals surface area contributed by atoms with E-state index in [0.29, 0.717) is 6.04 Å². The van der Waals surface area contributed by atoms with Crippen molar-refractivity contribution in [3.8, 4) is 0 Å². The molecule has 2 aromatic rings. The number of nitrogens with zero attached hydrogens (tertiary/aromatic N) is 3. The summed E-state index contributed by atoms with van der Waals surface area (Å²) in [4.78, 5) is 9.67. The minimum atomic E-state index is 0.408. The highest BCUT2D eigenvalue weighted by molar-refractivity contribution is 7.09. The Morgan fingerprint density at radius 2 is 2.33 bits per heavy atom. The molecule has 0 spiro atoms. The summed E-state index contributed by atoms with van der Waals surface area (Å²) < 4.78 is 2.12. The molecular weight excluding hydrogens is 244 g/mol. The Balaban J connectivity index is 1.62. The van der Waals surface area contributed by atoms with Crippen LogP contribution in [-0.2, 0) is 6.54 Å². The van der Waals surface area contributed by atoms with Crippen LogP contribution >= 0.6 is 11.3 Å². The van der Waals surface area contributed by atoms with Crippen LogP contribution in [0.4, 0.5) is 0 Å². The quantitative estimate of drug-likeness (QED) is 0.782. The van der Waals surface area contributed by atoms with Gasteiger partial charge in [-0.05, 0) is 33.2 Å². The summed E-state index contributed by atoms with van der Waals surface area (Å²) in [7, 11) is 0. The standard InChI is InChI=1S/C13H20N4S/c1-11(13-12(2)16-10-18-13)15-5-3-4-7-17-8-6-14-9-17/h6,8-11,15H,3-5,7H2,1-2H3. The molecule has 0 bridgehead atoms. The Morgan fingerprint density at radius 3 is 3.00 bits per heavy atom. The Hall–Kier alpha value is -1.20. The van der Waals surface area contributed by atoms with Gasteiger partial charge in [0.2, 0.25) is 0 Å². The van der Waals surface area contributed by atoms with Crippen molar-refractivity contribution in [2.24, 2.45) is 0 Å². The molecule has 2 aromatic heterocycles. The molecule has 98 valence electrons. The van der Waals surface area contributed by atoms with Crippen LogP contribution in [0.5, 0.6) is 0 Å². The molecule has 0 radical (unpaired) electrons. The van der Waals surface area contributed by atoms with Crippen molar-refractivity contribution in [3.63, 3.8) is 0 Å². The predicted molar refractivity (Wildman–Crippen MR) is 74.7 cm³/mol. The molecule has 0 aromatic carbocycles. The van der Waals surface area contributed by atoms with E-state index < -0.39 is 0 Å². The first-order valence-corrected chi connectivity index (χ1v) is 7.24. The Morgan fingerprint density at radius 1 is 1.44 bits per heavy atom. The average molecular weight is 264 g/mol. The minimum absolute atomic E-state index is 0.408. The fourth-order valence-electron chi connectivity index (χ4n) is 1.98. The van der Waals surface area contributed by atoms with Gasteiger partial charge in [-0.1, -0.05) is 0 Å². The van der Waals surface area contributed by atoms with Crippen LogP contribution in [0.1, 0.15) is 36.4 Å². The SMILES string of the molecule is Cc1ncsc1C(C)NCCCCn1ccnc1. The first-order valence-electron chi connectivity index (χ1n) is 6.36. The third kappa shape index (κ3) is 3.65. The highest BCUT2D eigenvalue weighted by atomic mass is 32.1. The van der Waals surface area contributed by atoms with Gasteiger partial charge in [0.15, 0.2) is 0 Å². The Labute approximate surface area is 112 Å². The van der Waals surface area contributed by atoms with Crippen molar-refractivity contribution < 1.29 is 0 Å². The number of rotatable bonds is 7. The molecule has 2 rings (SSSR count). The van der Waals surface area contributed by atoms with E-state index in [4.69, 9.17) is 0 Å². The zero-order valence-electron chi connectivity index (χ0n) is 11.0. The number of nitrogens with one attached hydrogen (secondary N) is 1. The van der Waals surface area contributed by atoms with E-state index in [1.807, 2.05) is 24.2 Å². The van der Waals surface area contributed by atoms with Gasteiger partial charge < -0.3 is 9.88 Å². The Bertz CT molecular complexity index is 449. The van der Waals surface area contributed by atoms with Gasteiger partial charge in [-0.15, -0.1) is 11.3 Å². The van der Waals surface area contributed by atoms with Crippen molar-refractivity contribution >= 4 is 11.3 Å². The van der Waals surface area contributed by atoms with Crippen LogP contribution in [0.3, 0.4) is 0 Å². The highest BCUT2D eigenvalue weighted by Gasteiger charge is 2.09. The largest absolute Gasteiger partial charge is 0.337 e. The number of thiazole rings is 1. The molecule has 1 unspecified atom stereocenters. The van der Waals surface area contributed by atoms with Gasteiger partial charge in [-0.2, -0.15) is 0 Å². The molecule has 0 aliphatic heterocycles. The molecule has 0 saturated heterocycles. The first-order chi connectivity index (χ1) is 8.77. The molecular formula is C13H20N4S. The topological polar surface area (TPSA) is 42.7 Å². The van der Waals surface area contributed by atoms with E-state index in [-0.39, 0.29) is 0 Å². The molecule has 0 amide bonds. The third-order valence-electron chi connectivity index (χ3n) is 3.03. The lowest BCUT2D eigenvalue weighted by molar-refractivity contribution is 0.526. The number of aryl methyl sites for hydroxylation is 2. The zero-order valence-corrected chi connectivity index (χ0v) is 11.8. The number of unbranched alkanes of at least 4 members (excludes halogenated alkanes) is 1. The van der Waals surface area contributed by atoms with Crippen LogP contribution in [0.25, 0.3) is 0 Å². The molecule has 1 atom stereocenters. The number of aromatic nitrogens is 3. The third-order valence-corrected chi connectivity index (χ3v) is 4.14. The summed E-state index contributed by atoms with van der Waals surface area (Å²) in [6.45, 7) is 6.38. The van der Waals surface area contributed by atoms with Crippen molar-refractivity contribution in [2.45, 2.75) is 39.3 Å². The molecule has 4 nitrogen and oxygen atoms in total. The fourth-order valence-corrected chi connectivity index (χ4v) is 2.81. The molecule has 0 aliphatic rings. The van der Waals surface area contributed by atoms with Crippen molar-refractivity contribution in [2.75, 3.05) is 6.54 Å². The van der Waals surface area contributed by atoms with E-state index in [2.05, 4.69) is 33.7 Å². The van der Waals surface area contributed by atoms with Gasteiger partial charge in [-0.25, -0.2) is 9.97 Å². The molecule has 5 heteroatoms. The second kappa shape index (κ2) is 6.66. The smallest absolute Gasteiger partial charge is 0.0945 e. The van der Waals surface area contributed by atoms with Gasteiger partial charge in [0.1, 0.15) is 0 Å². The summed E-state index contributed by atoms with van der Waals surface area (Å²) in [5, 5.41) is 3.55. The van der Waals surface area contributed by atoms with Gasteiger partial charge in [-0.3, -0.25) is 0 Å². The zero-order chi connectivity index (χ0) is 12.8. The van der Waals surface area contributed by atoms with Crippen LogP contribution in [0.15, 0.2) is 24.2 Å². The summed E-state index contributed by atoms with van der Waals surface area (Å²) in [5.74, 6) is 0. The lowest BCUT2D eigenvalue weighted by atomic mass is 10.2. The van der Waals surface area contributed by atoms with Crippen molar-refractivity contribution in [3.05, 3.63) is 34.8 Å². The lowest BCUT2D eigenvalue weighted by Gasteiger charge is -2.12. The summed E-state index contributed by atoms with van der Waals surface area (Å²) >= 11 is 1.73. The number of hydrogen-bond acceptors (Lipinski definition) is 4. The molecule has 1 N–H and O–H groups in total.